The Labute approximate surface area is 122 Å². The number of amides is 2. The molecule has 1 fully saturated rings. The third-order valence-corrected chi connectivity index (χ3v) is 4.13. The monoisotopic (exact) mass is 358 g/mol. The van der Waals surface area contributed by atoms with Crippen molar-refractivity contribution >= 4 is 34.3 Å². The fourth-order valence-corrected chi connectivity index (χ4v) is 2.89. The third kappa shape index (κ3) is 3.60. The van der Waals surface area contributed by atoms with Gasteiger partial charge in [0.15, 0.2) is 0 Å². The summed E-state index contributed by atoms with van der Waals surface area (Å²) in [6.45, 7) is 3.98. The van der Waals surface area contributed by atoms with E-state index in [-0.39, 0.29) is 6.03 Å². The third-order valence-electron chi connectivity index (χ3n) is 3.46. The number of nitrogens with one attached hydrogen (secondary N) is 1. The molecule has 1 aromatic rings. The highest BCUT2D eigenvalue weighted by atomic mass is 127. The Kier molecular flexibility index (Phi) is 4.86. The van der Waals surface area contributed by atoms with Crippen molar-refractivity contribution in [3.05, 3.63) is 27.8 Å². The van der Waals surface area contributed by atoms with Crippen molar-refractivity contribution < 1.29 is 4.79 Å². The van der Waals surface area contributed by atoms with E-state index < -0.39 is 0 Å². The summed E-state index contributed by atoms with van der Waals surface area (Å²) in [5.74, 6) is 0.667. The molecule has 0 aromatic heterocycles. The van der Waals surface area contributed by atoms with E-state index in [9.17, 15) is 4.79 Å². The lowest BCUT2D eigenvalue weighted by atomic mass is 9.96. The van der Waals surface area contributed by atoms with Crippen LogP contribution in [0.2, 0.25) is 0 Å². The lowest BCUT2D eigenvalue weighted by Crippen LogP contribution is -2.42. The first-order valence-electron chi connectivity index (χ1n) is 6.50. The molecule has 0 radical (unpaired) electrons. The molecule has 1 aliphatic heterocycles. The molecule has 98 valence electrons. The minimum Gasteiger partial charge on any atom is -0.324 e. The Morgan fingerprint density at radius 2 is 2.39 bits per heavy atom. The van der Waals surface area contributed by atoms with Crippen molar-refractivity contribution in [3.63, 3.8) is 0 Å². The number of carbonyl (C=O) groups is 1. The van der Waals surface area contributed by atoms with Gasteiger partial charge in [-0.15, -0.1) is 0 Å². The van der Waals surface area contributed by atoms with Gasteiger partial charge in [0.25, 0.3) is 0 Å². The number of anilines is 1. The average Bonchev–Trinajstić information content (AvgIpc) is 2.39. The van der Waals surface area contributed by atoms with E-state index >= 15 is 0 Å². The maximum Gasteiger partial charge on any atom is 0.321 e. The van der Waals surface area contributed by atoms with Gasteiger partial charge in [-0.25, -0.2) is 4.79 Å². The van der Waals surface area contributed by atoms with Crippen LogP contribution in [0.3, 0.4) is 0 Å². The van der Waals surface area contributed by atoms with Crippen LogP contribution in [0.5, 0.6) is 0 Å². The van der Waals surface area contributed by atoms with E-state index in [0.29, 0.717) is 5.92 Å². The highest BCUT2D eigenvalue weighted by Crippen LogP contribution is 2.20. The number of likely N-dealkylation sites (tertiary alicyclic amines) is 1. The summed E-state index contributed by atoms with van der Waals surface area (Å²) >= 11 is 2.25. The number of hydrogen-bond acceptors (Lipinski definition) is 1. The van der Waals surface area contributed by atoms with E-state index in [2.05, 4.69) is 34.8 Å². The van der Waals surface area contributed by atoms with E-state index in [0.717, 1.165) is 35.2 Å². The van der Waals surface area contributed by atoms with E-state index in [1.54, 1.807) is 0 Å². The molecule has 1 unspecified atom stereocenters. The van der Waals surface area contributed by atoms with Gasteiger partial charge < -0.3 is 10.2 Å². The summed E-state index contributed by atoms with van der Waals surface area (Å²) < 4.78 is 1.13. The molecule has 0 aliphatic carbocycles. The summed E-state index contributed by atoms with van der Waals surface area (Å²) in [6, 6.07) is 7.93. The first kappa shape index (κ1) is 13.6. The van der Waals surface area contributed by atoms with E-state index in [1.807, 2.05) is 29.2 Å². The van der Waals surface area contributed by atoms with Crippen molar-refractivity contribution in [1.82, 2.24) is 4.90 Å². The second kappa shape index (κ2) is 6.41. The molecular weight excluding hydrogens is 339 g/mol. The second-order valence-corrected chi connectivity index (χ2v) is 6.05. The Morgan fingerprint density at radius 3 is 3.11 bits per heavy atom. The predicted molar refractivity (Wildman–Crippen MR) is 82.8 cm³/mol. The summed E-state index contributed by atoms with van der Waals surface area (Å²) in [7, 11) is 0. The molecule has 2 amide bonds. The zero-order chi connectivity index (χ0) is 13.0. The summed E-state index contributed by atoms with van der Waals surface area (Å²) in [4.78, 5) is 14.1. The molecule has 0 spiro atoms. The fraction of sp³-hybridized carbons (Fsp3) is 0.500. The molecule has 4 heteroatoms. The van der Waals surface area contributed by atoms with Crippen LogP contribution < -0.4 is 5.32 Å². The molecule has 1 aliphatic rings. The van der Waals surface area contributed by atoms with E-state index in [1.165, 1.54) is 6.42 Å². The quantitative estimate of drug-likeness (QED) is 0.798. The Morgan fingerprint density at radius 1 is 1.56 bits per heavy atom. The van der Waals surface area contributed by atoms with Crippen LogP contribution in [0.25, 0.3) is 0 Å². The van der Waals surface area contributed by atoms with Crippen LogP contribution in [0, 0.1) is 9.49 Å². The topological polar surface area (TPSA) is 32.3 Å². The molecule has 1 N–H and O–H groups in total. The van der Waals surface area contributed by atoms with Gasteiger partial charge in [-0.2, -0.15) is 0 Å². The molecule has 0 saturated carbocycles. The number of halogens is 1. The van der Waals surface area contributed by atoms with Gasteiger partial charge in [-0.05, 0) is 59.5 Å². The van der Waals surface area contributed by atoms with Crippen LogP contribution in [-0.4, -0.2) is 24.0 Å². The number of nitrogens with zero attached hydrogens (tertiary/aromatic N) is 1. The largest absolute Gasteiger partial charge is 0.324 e. The predicted octanol–water partition coefficient (Wildman–Crippen LogP) is 3.95. The molecule has 1 aromatic carbocycles. The lowest BCUT2D eigenvalue weighted by molar-refractivity contribution is 0.176. The van der Waals surface area contributed by atoms with Gasteiger partial charge in [0, 0.05) is 22.3 Å². The highest BCUT2D eigenvalue weighted by Gasteiger charge is 2.22. The molecule has 1 atom stereocenters. The van der Waals surface area contributed by atoms with Crippen LogP contribution >= 0.6 is 22.6 Å². The van der Waals surface area contributed by atoms with Gasteiger partial charge in [0.05, 0.1) is 0 Å². The van der Waals surface area contributed by atoms with Gasteiger partial charge in [0.1, 0.15) is 0 Å². The van der Waals surface area contributed by atoms with Crippen LogP contribution in [0.4, 0.5) is 10.5 Å². The fourth-order valence-electron chi connectivity index (χ4n) is 2.35. The number of piperidine rings is 1. The smallest absolute Gasteiger partial charge is 0.321 e. The molecule has 1 heterocycles. The Hall–Kier alpha value is -0.780. The Bertz CT molecular complexity index is 422. The van der Waals surface area contributed by atoms with Crippen LogP contribution in [0.1, 0.15) is 26.2 Å². The number of benzene rings is 1. The zero-order valence-corrected chi connectivity index (χ0v) is 12.8. The molecule has 18 heavy (non-hydrogen) atoms. The van der Waals surface area contributed by atoms with Gasteiger partial charge in [0.2, 0.25) is 0 Å². The van der Waals surface area contributed by atoms with Crippen molar-refractivity contribution in [3.8, 4) is 0 Å². The Balaban J connectivity index is 1.95. The van der Waals surface area contributed by atoms with Crippen molar-refractivity contribution in [2.45, 2.75) is 26.2 Å². The van der Waals surface area contributed by atoms with Crippen LogP contribution in [0.15, 0.2) is 24.3 Å². The van der Waals surface area contributed by atoms with Crippen molar-refractivity contribution in [1.29, 1.82) is 0 Å². The van der Waals surface area contributed by atoms with Gasteiger partial charge in [-0.1, -0.05) is 19.4 Å². The zero-order valence-electron chi connectivity index (χ0n) is 10.7. The van der Waals surface area contributed by atoms with Crippen molar-refractivity contribution in [2.24, 2.45) is 5.92 Å². The molecule has 2 rings (SSSR count). The minimum absolute atomic E-state index is 0.0372. The molecular formula is C14H19IN2O. The number of urea groups is 1. The molecule has 3 nitrogen and oxygen atoms in total. The normalized spacial score (nSPS) is 19.7. The first-order valence-corrected chi connectivity index (χ1v) is 7.58. The standard InChI is InChI=1S/C14H19IN2O/c1-2-11-5-4-8-17(10-11)14(18)16-13-7-3-6-12(15)9-13/h3,6-7,9,11H,2,4-5,8,10H2,1H3,(H,16,18). The maximum atomic E-state index is 12.2. The molecule has 0 bridgehead atoms. The summed E-state index contributed by atoms with van der Waals surface area (Å²) in [5, 5.41) is 2.98. The average molecular weight is 358 g/mol. The highest BCUT2D eigenvalue weighted by molar-refractivity contribution is 14.1. The SMILES string of the molecule is CCC1CCCN(C(=O)Nc2cccc(I)c2)C1. The summed E-state index contributed by atoms with van der Waals surface area (Å²) in [5.41, 5.74) is 0.880. The van der Waals surface area contributed by atoms with Gasteiger partial charge in [-0.3, -0.25) is 0 Å². The number of hydrogen-bond donors (Lipinski definition) is 1. The van der Waals surface area contributed by atoms with E-state index in [4.69, 9.17) is 0 Å². The van der Waals surface area contributed by atoms with Crippen LogP contribution in [-0.2, 0) is 0 Å². The van der Waals surface area contributed by atoms with Gasteiger partial charge >= 0.3 is 6.03 Å². The molecule has 1 saturated heterocycles. The number of carbonyl (C=O) groups excluding carboxylic acids is 1. The first-order chi connectivity index (χ1) is 8.69. The number of rotatable bonds is 2. The lowest BCUT2D eigenvalue weighted by Gasteiger charge is -2.32. The maximum absolute atomic E-state index is 12.2. The van der Waals surface area contributed by atoms with Crippen molar-refractivity contribution in [2.75, 3.05) is 18.4 Å². The minimum atomic E-state index is 0.0372. The summed E-state index contributed by atoms with van der Waals surface area (Å²) in [6.07, 6.45) is 3.54. The second-order valence-electron chi connectivity index (χ2n) is 4.80.